The van der Waals surface area contributed by atoms with Crippen LogP contribution in [0.15, 0.2) is 48.5 Å². The van der Waals surface area contributed by atoms with Crippen molar-refractivity contribution in [1.82, 2.24) is 19.8 Å². The molecule has 5 rings (SSSR count). The van der Waals surface area contributed by atoms with E-state index in [0.29, 0.717) is 6.54 Å². The van der Waals surface area contributed by atoms with Gasteiger partial charge in [0, 0.05) is 16.8 Å². The zero-order valence-corrected chi connectivity index (χ0v) is 14.2. The van der Waals surface area contributed by atoms with Crippen molar-refractivity contribution in [3.63, 3.8) is 0 Å². The van der Waals surface area contributed by atoms with Gasteiger partial charge in [-0.1, -0.05) is 41.7 Å². The van der Waals surface area contributed by atoms with Gasteiger partial charge < -0.3 is 4.90 Å². The maximum Gasteiger partial charge on any atom is 0.258 e. The van der Waals surface area contributed by atoms with Gasteiger partial charge in [-0.05, 0) is 30.7 Å². The lowest BCUT2D eigenvalue weighted by Crippen LogP contribution is -2.22. The number of carbonyl (C=O) groups is 1. The molecule has 1 amide bonds. The fraction of sp³-hybridized carbons (Fsp3) is 0.111. The molecule has 0 radical (unpaired) electrons. The zero-order valence-electron chi connectivity index (χ0n) is 13.4. The van der Waals surface area contributed by atoms with Gasteiger partial charge in [-0.3, -0.25) is 4.79 Å². The number of fused-ring (bicyclic) bond motifs is 2. The first-order valence-electron chi connectivity index (χ1n) is 7.90. The number of hydrogen-bond donors (Lipinski definition) is 0. The highest BCUT2D eigenvalue weighted by Crippen LogP contribution is 2.32. The Kier molecular flexibility index (Phi) is 2.98. The summed E-state index contributed by atoms with van der Waals surface area (Å²) in [5, 5.41) is 13.6. The van der Waals surface area contributed by atoms with E-state index in [2.05, 4.69) is 15.3 Å². The summed E-state index contributed by atoms with van der Waals surface area (Å²) in [5.74, 6) is 0.806. The number of hydrogen-bond acceptors (Lipinski definition) is 5. The molecule has 2 aromatic carbocycles. The average Bonchev–Trinajstić information content (AvgIpc) is 3.31. The number of amides is 1. The maximum atomic E-state index is 12.7. The van der Waals surface area contributed by atoms with Crippen LogP contribution in [0.5, 0.6) is 0 Å². The largest absolute Gasteiger partial charge is 0.304 e. The molecular formula is C18H13N5OS. The van der Waals surface area contributed by atoms with Crippen LogP contribution < -0.4 is 4.90 Å². The monoisotopic (exact) mass is 347 g/mol. The molecule has 25 heavy (non-hydrogen) atoms. The van der Waals surface area contributed by atoms with E-state index < -0.39 is 0 Å². The number of nitrogens with zero attached hydrogens (tertiary/aromatic N) is 5. The second-order valence-electron chi connectivity index (χ2n) is 5.95. The molecular weight excluding hydrogens is 334 g/mol. The molecule has 122 valence electrons. The molecule has 1 aliphatic heterocycles. The van der Waals surface area contributed by atoms with E-state index >= 15 is 0 Å². The van der Waals surface area contributed by atoms with Crippen LogP contribution in [0.25, 0.3) is 15.5 Å². The molecule has 6 nitrogen and oxygen atoms in total. The predicted molar refractivity (Wildman–Crippen MR) is 95.8 cm³/mol. The van der Waals surface area contributed by atoms with E-state index in [4.69, 9.17) is 0 Å². The Bertz CT molecular complexity index is 1130. The van der Waals surface area contributed by atoms with E-state index in [9.17, 15) is 4.79 Å². The van der Waals surface area contributed by atoms with Gasteiger partial charge in [0.05, 0.1) is 6.54 Å². The summed E-state index contributed by atoms with van der Waals surface area (Å²) in [6.45, 7) is 2.47. The third-order valence-electron chi connectivity index (χ3n) is 4.37. The minimum absolute atomic E-state index is 0.0433. The lowest BCUT2D eigenvalue weighted by molar-refractivity contribution is 0.0996. The summed E-state index contributed by atoms with van der Waals surface area (Å²) in [6.07, 6.45) is 0. The van der Waals surface area contributed by atoms with Crippen LogP contribution >= 0.6 is 11.3 Å². The van der Waals surface area contributed by atoms with Crippen LogP contribution in [0.2, 0.25) is 0 Å². The van der Waals surface area contributed by atoms with Gasteiger partial charge in [-0.25, -0.2) is 0 Å². The second kappa shape index (κ2) is 5.22. The van der Waals surface area contributed by atoms with Gasteiger partial charge in [0.1, 0.15) is 5.01 Å². The van der Waals surface area contributed by atoms with Crippen molar-refractivity contribution in [2.45, 2.75) is 13.5 Å². The van der Waals surface area contributed by atoms with Gasteiger partial charge in [-0.2, -0.15) is 9.61 Å². The molecule has 0 fully saturated rings. The van der Waals surface area contributed by atoms with Crippen molar-refractivity contribution in [2.24, 2.45) is 0 Å². The quantitative estimate of drug-likeness (QED) is 0.558. The SMILES string of the molecule is Cc1nnc2sc(-c3cccc(N4Cc5ccccc5C4=O)c3)nn12. The molecule has 4 aromatic rings. The van der Waals surface area contributed by atoms with Crippen molar-refractivity contribution < 1.29 is 4.79 Å². The summed E-state index contributed by atoms with van der Waals surface area (Å²) in [5.41, 5.74) is 3.69. The molecule has 0 saturated heterocycles. The third kappa shape index (κ3) is 2.16. The molecule has 0 bridgehead atoms. The Morgan fingerprint density at radius 2 is 1.96 bits per heavy atom. The topological polar surface area (TPSA) is 63.4 Å². The van der Waals surface area contributed by atoms with Crippen LogP contribution in [0, 0.1) is 6.92 Å². The maximum absolute atomic E-state index is 12.7. The first-order chi connectivity index (χ1) is 12.2. The highest BCUT2D eigenvalue weighted by Gasteiger charge is 2.28. The number of anilines is 1. The standard InChI is InChI=1S/C18H13N5OS/c1-11-19-20-18-23(11)21-16(25-18)12-6-4-7-14(9-12)22-10-13-5-2-3-8-15(13)17(22)24/h2-9H,10H2,1H3. The molecule has 0 N–H and O–H groups in total. The van der Waals surface area contributed by atoms with Crippen LogP contribution in [-0.2, 0) is 6.54 Å². The van der Waals surface area contributed by atoms with E-state index in [1.807, 2.05) is 55.5 Å². The minimum atomic E-state index is 0.0433. The Balaban J connectivity index is 1.54. The first-order valence-corrected chi connectivity index (χ1v) is 8.71. The average molecular weight is 347 g/mol. The normalized spacial score (nSPS) is 13.6. The molecule has 0 atom stereocenters. The minimum Gasteiger partial charge on any atom is -0.304 e. The molecule has 0 unspecified atom stereocenters. The van der Waals surface area contributed by atoms with Crippen LogP contribution in [0.3, 0.4) is 0 Å². The Labute approximate surface area is 147 Å². The highest BCUT2D eigenvalue weighted by molar-refractivity contribution is 7.19. The van der Waals surface area contributed by atoms with E-state index in [1.54, 1.807) is 9.42 Å². The molecule has 2 aromatic heterocycles. The van der Waals surface area contributed by atoms with Crippen molar-refractivity contribution in [2.75, 3.05) is 4.90 Å². The molecule has 0 aliphatic carbocycles. The lowest BCUT2D eigenvalue weighted by atomic mass is 10.1. The second-order valence-corrected chi connectivity index (χ2v) is 6.90. The summed E-state index contributed by atoms with van der Waals surface area (Å²) in [4.78, 5) is 15.3. The van der Waals surface area contributed by atoms with Gasteiger partial charge in [0.25, 0.3) is 5.91 Å². The summed E-state index contributed by atoms with van der Waals surface area (Å²) < 4.78 is 1.74. The van der Waals surface area contributed by atoms with Crippen LogP contribution in [-0.4, -0.2) is 25.7 Å². The van der Waals surface area contributed by atoms with Crippen molar-refractivity contribution in [1.29, 1.82) is 0 Å². The zero-order chi connectivity index (χ0) is 17.0. The number of aryl methyl sites for hydroxylation is 1. The Hall–Kier alpha value is -3.06. The number of aromatic nitrogens is 4. The van der Waals surface area contributed by atoms with Crippen molar-refractivity contribution in [3.8, 4) is 10.6 Å². The van der Waals surface area contributed by atoms with Gasteiger partial charge >= 0.3 is 0 Å². The highest BCUT2D eigenvalue weighted by atomic mass is 32.1. The number of rotatable bonds is 2. The predicted octanol–water partition coefficient (Wildman–Crippen LogP) is 3.32. The number of benzene rings is 2. The summed E-state index contributed by atoms with van der Waals surface area (Å²) >= 11 is 1.49. The Morgan fingerprint density at radius 3 is 2.80 bits per heavy atom. The summed E-state index contributed by atoms with van der Waals surface area (Å²) in [6, 6.07) is 15.7. The third-order valence-corrected chi connectivity index (χ3v) is 5.32. The van der Waals surface area contributed by atoms with E-state index in [0.717, 1.165) is 38.2 Å². The Morgan fingerprint density at radius 1 is 1.08 bits per heavy atom. The van der Waals surface area contributed by atoms with E-state index in [-0.39, 0.29) is 5.91 Å². The van der Waals surface area contributed by atoms with Gasteiger partial charge in [0.2, 0.25) is 4.96 Å². The van der Waals surface area contributed by atoms with Crippen molar-refractivity contribution in [3.05, 3.63) is 65.5 Å². The molecule has 3 heterocycles. The molecule has 0 saturated carbocycles. The lowest BCUT2D eigenvalue weighted by Gasteiger charge is -2.16. The smallest absolute Gasteiger partial charge is 0.258 e. The fourth-order valence-corrected chi connectivity index (χ4v) is 3.98. The van der Waals surface area contributed by atoms with Crippen LogP contribution in [0.4, 0.5) is 5.69 Å². The van der Waals surface area contributed by atoms with Gasteiger partial charge in [-0.15, -0.1) is 10.2 Å². The molecule has 1 aliphatic rings. The fourth-order valence-electron chi connectivity index (χ4n) is 3.10. The molecule has 7 heteroatoms. The van der Waals surface area contributed by atoms with Crippen molar-refractivity contribution >= 4 is 27.9 Å². The first kappa shape index (κ1) is 14.3. The van der Waals surface area contributed by atoms with Crippen LogP contribution in [0.1, 0.15) is 21.7 Å². The van der Waals surface area contributed by atoms with E-state index in [1.165, 1.54) is 11.3 Å². The summed E-state index contributed by atoms with van der Waals surface area (Å²) in [7, 11) is 0. The van der Waals surface area contributed by atoms with Gasteiger partial charge in [0.15, 0.2) is 5.82 Å². The number of carbonyl (C=O) groups excluding carboxylic acids is 1. The molecule has 0 spiro atoms.